The first-order valence-electron chi connectivity index (χ1n) is 20.2. The first-order chi connectivity index (χ1) is 24.5. The summed E-state index contributed by atoms with van der Waals surface area (Å²) in [5.41, 5.74) is 0. The Morgan fingerprint density at radius 2 is 1.06 bits per heavy atom. The lowest BCUT2D eigenvalue weighted by atomic mass is 10.1. The molecule has 0 fully saturated rings. The Bertz CT molecular complexity index is 975. The van der Waals surface area contributed by atoms with Gasteiger partial charge in [0.25, 0.3) is 7.82 Å². The van der Waals surface area contributed by atoms with Crippen molar-refractivity contribution in [2.24, 2.45) is 0 Å². The summed E-state index contributed by atoms with van der Waals surface area (Å²) in [7, 11) is 1.15. The third-order valence-corrected chi connectivity index (χ3v) is 9.38. The van der Waals surface area contributed by atoms with E-state index in [2.05, 4.69) is 50.3 Å². The summed E-state index contributed by atoms with van der Waals surface area (Å²) >= 11 is 0. The molecular formula is C41H76NO8P. The number of carbonyl (C=O) groups is 2. The molecule has 0 rings (SSSR count). The van der Waals surface area contributed by atoms with Gasteiger partial charge in [-0.15, -0.1) is 0 Å². The second kappa shape index (κ2) is 34.0. The van der Waals surface area contributed by atoms with Gasteiger partial charge in [-0.3, -0.25) is 14.2 Å². The van der Waals surface area contributed by atoms with E-state index in [4.69, 9.17) is 18.5 Å². The molecule has 0 aliphatic carbocycles. The number of carbonyl (C=O) groups excluding carboxylic acids is 2. The molecule has 0 aliphatic heterocycles. The van der Waals surface area contributed by atoms with Gasteiger partial charge in [-0.25, -0.2) is 0 Å². The van der Waals surface area contributed by atoms with Gasteiger partial charge in [0.15, 0.2) is 6.10 Å². The van der Waals surface area contributed by atoms with E-state index in [0.29, 0.717) is 23.9 Å². The Labute approximate surface area is 312 Å². The van der Waals surface area contributed by atoms with Crippen molar-refractivity contribution in [3.8, 4) is 0 Å². The number of allylic oxidation sites excluding steroid dienone is 6. The quantitative estimate of drug-likeness (QED) is 0.0205. The zero-order valence-electron chi connectivity index (χ0n) is 33.3. The lowest BCUT2D eigenvalue weighted by Gasteiger charge is -2.28. The lowest BCUT2D eigenvalue weighted by molar-refractivity contribution is -0.870. The van der Waals surface area contributed by atoms with Crippen molar-refractivity contribution in [2.45, 2.75) is 168 Å². The number of phosphoric acid groups is 1. The van der Waals surface area contributed by atoms with Crippen LogP contribution in [0, 0.1) is 0 Å². The molecule has 10 heteroatoms. The van der Waals surface area contributed by atoms with Gasteiger partial charge in [-0.05, 0) is 51.4 Å². The van der Waals surface area contributed by atoms with Gasteiger partial charge in [-0.1, -0.05) is 134 Å². The van der Waals surface area contributed by atoms with Crippen LogP contribution in [0.1, 0.15) is 162 Å². The Morgan fingerprint density at radius 3 is 1.61 bits per heavy atom. The first-order valence-corrected chi connectivity index (χ1v) is 21.7. The molecule has 0 aliphatic rings. The fraction of sp³-hybridized carbons (Fsp3) is 0.805. The summed E-state index contributed by atoms with van der Waals surface area (Å²) in [6, 6.07) is 0. The fourth-order valence-corrected chi connectivity index (χ4v) is 5.92. The van der Waals surface area contributed by atoms with Gasteiger partial charge in [0, 0.05) is 12.8 Å². The maximum absolute atomic E-state index is 12.6. The summed E-state index contributed by atoms with van der Waals surface area (Å²) < 4.78 is 33.7. The van der Waals surface area contributed by atoms with E-state index in [0.717, 1.165) is 57.8 Å². The summed E-state index contributed by atoms with van der Waals surface area (Å²) in [4.78, 5) is 37.3. The van der Waals surface area contributed by atoms with E-state index >= 15 is 0 Å². The highest BCUT2D eigenvalue weighted by Crippen LogP contribution is 2.38. The largest absolute Gasteiger partial charge is 0.756 e. The molecule has 0 heterocycles. The number of nitrogens with zero attached hydrogens (tertiary/aromatic N) is 1. The smallest absolute Gasteiger partial charge is 0.306 e. The summed E-state index contributed by atoms with van der Waals surface area (Å²) in [5, 5.41) is 0. The van der Waals surface area contributed by atoms with E-state index in [9.17, 15) is 19.0 Å². The number of phosphoric ester groups is 1. The summed E-state index contributed by atoms with van der Waals surface area (Å²) in [6.45, 7) is 4.14. The topological polar surface area (TPSA) is 111 Å². The molecule has 0 amide bonds. The van der Waals surface area contributed by atoms with Gasteiger partial charge in [-0.2, -0.15) is 0 Å². The number of rotatable bonds is 36. The minimum absolute atomic E-state index is 0.0343. The second-order valence-electron chi connectivity index (χ2n) is 14.7. The number of quaternary nitrogens is 1. The van der Waals surface area contributed by atoms with Crippen molar-refractivity contribution in [3.05, 3.63) is 36.5 Å². The SMILES string of the molecule is CCCCC/C=C/C/C=C/C/C=C/CCCCCCC(=O)OC[C@@H](COP(=O)([O-])OCC[N+](C)(C)C)OC(=O)CCCCCCCCCCCC. The zero-order chi connectivity index (χ0) is 37.9. The van der Waals surface area contributed by atoms with Crippen LogP contribution in [0.4, 0.5) is 0 Å². The second-order valence-corrected chi connectivity index (χ2v) is 16.1. The van der Waals surface area contributed by atoms with E-state index in [-0.39, 0.29) is 26.1 Å². The van der Waals surface area contributed by atoms with Gasteiger partial charge in [0.2, 0.25) is 0 Å². The maximum atomic E-state index is 12.6. The Morgan fingerprint density at radius 1 is 0.608 bits per heavy atom. The van der Waals surface area contributed by atoms with Crippen molar-refractivity contribution < 1.29 is 42.1 Å². The van der Waals surface area contributed by atoms with Crippen LogP contribution in [0.25, 0.3) is 0 Å². The third-order valence-electron chi connectivity index (χ3n) is 8.41. The highest BCUT2D eigenvalue weighted by molar-refractivity contribution is 7.45. The molecule has 0 spiro atoms. The molecule has 2 atom stereocenters. The van der Waals surface area contributed by atoms with Crippen molar-refractivity contribution >= 4 is 19.8 Å². The lowest BCUT2D eigenvalue weighted by Crippen LogP contribution is -2.37. The average Bonchev–Trinajstić information content (AvgIpc) is 3.07. The van der Waals surface area contributed by atoms with Crippen LogP contribution in [0.15, 0.2) is 36.5 Å². The molecule has 0 aromatic carbocycles. The highest BCUT2D eigenvalue weighted by atomic mass is 31.2. The number of ether oxygens (including phenoxy) is 2. The minimum atomic E-state index is -4.62. The monoisotopic (exact) mass is 742 g/mol. The van der Waals surface area contributed by atoms with E-state index in [1.807, 2.05) is 21.1 Å². The van der Waals surface area contributed by atoms with Gasteiger partial charge >= 0.3 is 11.9 Å². The molecule has 0 aromatic heterocycles. The van der Waals surface area contributed by atoms with Crippen LogP contribution < -0.4 is 4.89 Å². The van der Waals surface area contributed by atoms with Crippen LogP contribution in [0.2, 0.25) is 0 Å². The molecule has 298 valence electrons. The van der Waals surface area contributed by atoms with E-state index < -0.39 is 32.5 Å². The normalized spacial score (nSPS) is 14.1. The average molecular weight is 742 g/mol. The summed E-state index contributed by atoms with van der Waals surface area (Å²) in [6.07, 6.45) is 36.0. The van der Waals surface area contributed by atoms with E-state index in [1.165, 1.54) is 64.2 Å². The van der Waals surface area contributed by atoms with Gasteiger partial charge in [0.1, 0.15) is 19.8 Å². The predicted molar refractivity (Wildman–Crippen MR) is 208 cm³/mol. The van der Waals surface area contributed by atoms with Crippen LogP contribution >= 0.6 is 7.82 Å². The Kier molecular flexibility index (Phi) is 32.8. The molecule has 0 N–H and O–H groups in total. The van der Waals surface area contributed by atoms with Crippen LogP contribution in [-0.2, 0) is 32.7 Å². The number of unbranched alkanes of at least 4 members (excludes halogenated alkanes) is 16. The highest BCUT2D eigenvalue weighted by Gasteiger charge is 2.21. The van der Waals surface area contributed by atoms with E-state index in [1.54, 1.807) is 0 Å². The van der Waals surface area contributed by atoms with Crippen LogP contribution in [-0.4, -0.2) is 70.0 Å². The molecule has 0 bridgehead atoms. The Balaban J connectivity index is 4.41. The predicted octanol–water partition coefficient (Wildman–Crippen LogP) is 10.3. The number of hydrogen-bond acceptors (Lipinski definition) is 8. The third kappa shape index (κ3) is 37.8. The van der Waals surface area contributed by atoms with Crippen LogP contribution in [0.3, 0.4) is 0 Å². The molecule has 9 nitrogen and oxygen atoms in total. The fourth-order valence-electron chi connectivity index (χ4n) is 5.19. The molecule has 51 heavy (non-hydrogen) atoms. The molecule has 0 radical (unpaired) electrons. The standard InChI is InChI=1S/C41H76NO8P/c1-6-8-10-12-14-16-18-19-20-21-22-23-24-26-27-29-31-33-40(43)47-37-39(38-49-51(45,46)48-36-35-42(3,4)5)50-41(44)34-32-30-28-25-17-15-13-11-9-7-2/h14,16,19-20,22-23,39H,6-13,15,17-18,21,24-38H2,1-5H3/b16-14+,20-19+,23-22+/t39-/m0/s1. The minimum Gasteiger partial charge on any atom is -0.756 e. The van der Waals surface area contributed by atoms with Crippen LogP contribution in [0.5, 0.6) is 0 Å². The number of hydrogen-bond donors (Lipinski definition) is 0. The van der Waals surface area contributed by atoms with Gasteiger partial charge < -0.3 is 27.9 Å². The van der Waals surface area contributed by atoms with Crippen molar-refractivity contribution in [3.63, 3.8) is 0 Å². The number of esters is 2. The number of likely N-dealkylation sites (N-methyl/N-ethyl adjacent to an activating group) is 1. The van der Waals surface area contributed by atoms with Gasteiger partial charge in [0.05, 0.1) is 27.7 Å². The molecular weight excluding hydrogens is 665 g/mol. The summed E-state index contributed by atoms with van der Waals surface area (Å²) in [5.74, 6) is -0.862. The van der Waals surface area contributed by atoms with Crippen molar-refractivity contribution in [1.82, 2.24) is 0 Å². The van der Waals surface area contributed by atoms with Crippen molar-refractivity contribution in [2.75, 3.05) is 47.5 Å². The van der Waals surface area contributed by atoms with Crippen molar-refractivity contribution in [1.29, 1.82) is 0 Å². The first kappa shape index (κ1) is 49.2. The maximum Gasteiger partial charge on any atom is 0.306 e. The molecule has 0 saturated carbocycles. The molecule has 0 aromatic rings. The molecule has 0 saturated heterocycles. The zero-order valence-corrected chi connectivity index (χ0v) is 34.2. The molecule has 1 unspecified atom stereocenters. The Hall–Kier alpha value is -1.77.